The molecular weight excluding hydrogens is 375 g/mol. The number of carbonyl (C=O) groups is 1. The monoisotopic (exact) mass is 398 g/mol. The molecule has 3 rings (SSSR count). The number of aromatic nitrogens is 3. The summed E-state index contributed by atoms with van der Waals surface area (Å²) in [6, 6.07) is 16.6. The Bertz CT molecular complexity index is 929. The van der Waals surface area contributed by atoms with Crippen LogP contribution >= 0.6 is 11.8 Å². The van der Waals surface area contributed by atoms with Gasteiger partial charge in [-0.25, -0.2) is 4.39 Å². The molecular formula is C21H23FN4OS. The standard InChI is InChI=1S/C21H23FN4OS/c1-3-26-19(13-16-9-5-4-6-10-16)23-24-21(26)28-15-20(27)25(2)14-17-11-7-8-12-18(17)22/h4-12H,3,13-15H2,1-2H3. The van der Waals surface area contributed by atoms with Gasteiger partial charge in [0, 0.05) is 32.1 Å². The third-order valence-electron chi connectivity index (χ3n) is 4.43. The Balaban J connectivity index is 1.61. The molecule has 0 spiro atoms. The fourth-order valence-corrected chi connectivity index (χ4v) is 3.82. The first-order chi connectivity index (χ1) is 13.6. The number of nitrogens with zero attached hydrogens (tertiary/aromatic N) is 4. The van der Waals surface area contributed by atoms with Crippen LogP contribution in [0.5, 0.6) is 0 Å². The number of halogens is 1. The van der Waals surface area contributed by atoms with Crippen LogP contribution in [0.3, 0.4) is 0 Å². The van der Waals surface area contributed by atoms with Crippen molar-refractivity contribution < 1.29 is 9.18 Å². The second-order valence-corrected chi connectivity index (χ2v) is 7.38. The lowest BCUT2D eigenvalue weighted by Gasteiger charge is -2.17. The van der Waals surface area contributed by atoms with Crippen LogP contribution in [0.15, 0.2) is 59.8 Å². The molecule has 28 heavy (non-hydrogen) atoms. The van der Waals surface area contributed by atoms with Crippen LogP contribution in [-0.2, 0) is 24.3 Å². The highest BCUT2D eigenvalue weighted by molar-refractivity contribution is 7.99. The van der Waals surface area contributed by atoms with Crippen molar-refractivity contribution in [3.05, 3.63) is 77.4 Å². The zero-order chi connectivity index (χ0) is 19.9. The molecule has 0 saturated heterocycles. The lowest BCUT2D eigenvalue weighted by molar-refractivity contribution is -0.127. The molecule has 0 aliphatic carbocycles. The fraction of sp³-hybridized carbons (Fsp3) is 0.286. The minimum atomic E-state index is -0.300. The van der Waals surface area contributed by atoms with Crippen LogP contribution in [0.2, 0.25) is 0 Å². The van der Waals surface area contributed by atoms with Crippen molar-refractivity contribution in [1.29, 1.82) is 0 Å². The Kier molecular flexibility index (Phi) is 6.81. The highest BCUT2D eigenvalue weighted by atomic mass is 32.2. The van der Waals surface area contributed by atoms with Gasteiger partial charge in [-0.1, -0.05) is 60.3 Å². The van der Waals surface area contributed by atoms with E-state index in [1.54, 1.807) is 25.2 Å². The summed E-state index contributed by atoms with van der Waals surface area (Å²) in [6.07, 6.45) is 0.698. The van der Waals surface area contributed by atoms with E-state index in [-0.39, 0.29) is 24.0 Å². The van der Waals surface area contributed by atoms with Crippen LogP contribution in [0.1, 0.15) is 23.9 Å². The molecule has 0 aliphatic rings. The third-order valence-corrected chi connectivity index (χ3v) is 5.38. The number of amides is 1. The smallest absolute Gasteiger partial charge is 0.233 e. The lowest BCUT2D eigenvalue weighted by Crippen LogP contribution is -2.28. The van der Waals surface area contributed by atoms with E-state index >= 15 is 0 Å². The van der Waals surface area contributed by atoms with Gasteiger partial charge in [-0.2, -0.15) is 0 Å². The molecule has 0 radical (unpaired) electrons. The lowest BCUT2D eigenvalue weighted by atomic mass is 10.1. The van der Waals surface area contributed by atoms with Gasteiger partial charge < -0.3 is 9.47 Å². The minimum absolute atomic E-state index is 0.0801. The van der Waals surface area contributed by atoms with E-state index in [4.69, 9.17) is 0 Å². The predicted octanol–water partition coefficient (Wildman–Crippen LogP) is 3.78. The Morgan fingerprint density at radius 3 is 2.54 bits per heavy atom. The summed E-state index contributed by atoms with van der Waals surface area (Å²) in [6.45, 7) is 3.01. The molecule has 0 atom stereocenters. The van der Waals surface area contributed by atoms with Gasteiger partial charge in [0.15, 0.2) is 5.16 Å². The SMILES string of the molecule is CCn1c(Cc2ccccc2)nnc1SCC(=O)N(C)Cc1ccccc1F. The number of rotatable bonds is 8. The van der Waals surface area contributed by atoms with E-state index in [9.17, 15) is 9.18 Å². The molecule has 2 aromatic carbocycles. The molecule has 0 unspecified atom stereocenters. The van der Waals surface area contributed by atoms with E-state index in [1.165, 1.54) is 28.3 Å². The molecule has 146 valence electrons. The molecule has 0 aliphatic heterocycles. The summed E-state index contributed by atoms with van der Waals surface area (Å²) in [7, 11) is 1.68. The summed E-state index contributed by atoms with van der Waals surface area (Å²) in [5.74, 6) is 0.729. The normalized spacial score (nSPS) is 10.8. The van der Waals surface area contributed by atoms with Gasteiger partial charge in [0.25, 0.3) is 0 Å². The van der Waals surface area contributed by atoms with Crippen molar-refractivity contribution in [3.63, 3.8) is 0 Å². The quantitative estimate of drug-likeness (QED) is 0.542. The first-order valence-electron chi connectivity index (χ1n) is 9.14. The van der Waals surface area contributed by atoms with E-state index < -0.39 is 0 Å². The fourth-order valence-electron chi connectivity index (χ4n) is 2.86. The van der Waals surface area contributed by atoms with Crippen molar-refractivity contribution in [2.45, 2.75) is 31.6 Å². The number of hydrogen-bond acceptors (Lipinski definition) is 4. The molecule has 5 nitrogen and oxygen atoms in total. The Morgan fingerprint density at radius 1 is 1.11 bits per heavy atom. The van der Waals surface area contributed by atoms with E-state index in [2.05, 4.69) is 22.3 Å². The van der Waals surface area contributed by atoms with Gasteiger partial charge in [-0.05, 0) is 18.6 Å². The van der Waals surface area contributed by atoms with Crippen molar-refractivity contribution in [2.75, 3.05) is 12.8 Å². The first kappa shape index (κ1) is 20.1. The average molecular weight is 399 g/mol. The van der Waals surface area contributed by atoms with Crippen LogP contribution in [0.4, 0.5) is 4.39 Å². The van der Waals surface area contributed by atoms with Crippen LogP contribution in [0.25, 0.3) is 0 Å². The Morgan fingerprint density at radius 2 is 1.82 bits per heavy atom. The minimum Gasteiger partial charge on any atom is -0.341 e. The molecule has 1 heterocycles. The van der Waals surface area contributed by atoms with Crippen molar-refractivity contribution >= 4 is 17.7 Å². The summed E-state index contributed by atoms with van der Waals surface area (Å²) < 4.78 is 15.8. The second-order valence-electron chi connectivity index (χ2n) is 6.44. The van der Waals surface area contributed by atoms with Gasteiger partial charge in [0.05, 0.1) is 5.75 Å². The molecule has 0 bridgehead atoms. The first-order valence-corrected chi connectivity index (χ1v) is 10.1. The highest BCUT2D eigenvalue weighted by Crippen LogP contribution is 2.20. The van der Waals surface area contributed by atoms with Gasteiger partial charge in [-0.3, -0.25) is 4.79 Å². The second kappa shape index (κ2) is 9.50. The van der Waals surface area contributed by atoms with E-state index in [0.29, 0.717) is 12.0 Å². The van der Waals surface area contributed by atoms with Crippen LogP contribution in [0, 0.1) is 5.82 Å². The van der Waals surface area contributed by atoms with E-state index in [0.717, 1.165) is 17.5 Å². The maximum Gasteiger partial charge on any atom is 0.233 e. The zero-order valence-corrected chi connectivity index (χ0v) is 16.8. The summed E-state index contributed by atoms with van der Waals surface area (Å²) >= 11 is 1.36. The van der Waals surface area contributed by atoms with Crippen molar-refractivity contribution in [1.82, 2.24) is 19.7 Å². The molecule has 0 N–H and O–H groups in total. The van der Waals surface area contributed by atoms with Gasteiger partial charge in [0.2, 0.25) is 5.91 Å². The number of benzene rings is 2. The topological polar surface area (TPSA) is 51.0 Å². The Labute approximate surface area is 168 Å². The molecule has 0 fully saturated rings. The van der Waals surface area contributed by atoms with Crippen LogP contribution in [-0.4, -0.2) is 38.4 Å². The Hall–Kier alpha value is -2.67. The summed E-state index contributed by atoms with van der Waals surface area (Å²) in [5, 5.41) is 9.28. The maximum atomic E-state index is 13.8. The number of carbonyl (C=O) groups excluding carboxylic acids is 1. The number of thioether (sulfide) groups is 1. The van der Waals surface area contributed by atoms with Gasteiger partial charge >= 0.3 is 0 Å². The molecule has 3 aromatic rings. The molecule has 0 saturated carbocycles. The average Bonchev–Trinajstić information content (AvgIpc) is 3.10. The third kappa shape index (κ3) is 4.98. The summed E-state index contributed by atoms with van der Waals surface area (Å²) in [4.78, 5) is 14.0. The van der Waals surface area contributed by atoms with Gasteiger partial charge in [0.1, 0.15) is 11.6 Å². The number of hydrogen-bond donors (Lipinski definition) is 0. The van der Waals surface area contributed by atoms with Crippen molar-refractivity contribution in [3.8, 4) is 0 Å². The highest BCUT2D eigenvalue weighted by Gasteiger charge is 2.16. The molecule has 7 heteroatoms. The molecule has 1 amide bonds. The van der Waals surface area contributed by atoms with E-state index in [1.807, 2.05) is 29.7 Å². The summed E-state index contributed by atoms with van der Waals surface area (Å²) in [5.41, 5.74) is 1.67. The predicted molar refractivity (Wildman–Crippen MR) is 109 cm³/mol. The van der Waals surface area contributed by atoms with Gasteiger partial charge in [-0.15, -0.1) is 10.2 Å². The zero-order valence-electron chi connectivity index (χ0n) is 16.0. The van der Waals surface area contributed by atoms with Crippen molar-refractivity contribution in [2.24, 2.45) is 0 Å². The largest absolute Gasteiger partial charge is 0.341 e. The maximum absolute atomic E-state index is 13.8. The van der Waals surface area contributed by atoms with Crippen LogP contribution < -0.4 is 0 Å². The molecule has 1 aromatic heterocycles.